The number of rotatable bonds is 4. The number of Topliss-reactive ketones (excluding diaryl/α,β-unsaturated/α-hetero) is 1. The van der Waals surface area contributed by atoms with Gasteiger partial charge in [-0.2, -0.15) is 0 Å². The van der Waals surface area contributed by atoms with Crippen molar-refractivity contribution in [3.05, 3.63) is 53.1 Å². The van der Waals surface area contributed by atoms with Gasteiger partial charge in [0.15, 0.2) is 12.4 Å². The van der Waals surface area contributed by atoms with Crippen LogP contribution in [0.15, 0.2) is 36.4 Å². The van der Waals surface area contributed by atoms with Crippen molar-refractivity contribution in [2.75, 3.05) is 30.1 Å². The number of nitrogens with zero attached hydrogens (tertiary/aromatic N) is 2. The SMILES string of the molecule is CN1C(=O)CCc2cc(CN3C(=O)COc4ccc(C(=O)CO)cc43)ccc21. The van der Waals surface area contributed by atoms with Gasteiger partial charge < -0.3 is 19.6 Å². The summed E-state index contributed by atoms with van der Waals surface area (Å²) in [7, 11) is 1.77. The average Bonchev–Trinajstić information content (AvgIpc) is 2.72. The summed E-state index contributed by atoms with van der Waals surface area (Å²) < 4.78 is 5.48. The van der Waals surface area contributed by atoms with Crippen LogP contribution in [0.25, 0.3) is 0 Å². The maximum Gasteiger partial charge on any atom is 0.265 e. The second-order valence-corrected chi connectivity index (χ2v) is 6.95. The molecule has 0 saturated heterocycles. The van der Waals surface area contributed by atoms with Crippen molar-refractivity contribution >= 4 is 29.0 Å². The van der Waals surface area contributed by atoms with Crippen molar-refractivity contribution < 1.29 is 24.2 Å². The molecule has 0 radical (unpaired) electrons. The monoisotopic (exact) mass is 380 g/mol. The second kappa shape index (κ2) is 7.09. The predicted octanol–water partition coefficient (Wildman–Crippen LogP) is 1.70. The van der Waals surface area contributed by atoms with E-state index in [1.54, 1.807) is 35.0 Å². The lowest BCUT2D eigenvalue weighted by Gasteiger charge is -2.31. The predicted molar refractivity (Wildman–Crippen MR) is 103 cm³/mol. The van der Waals surface area contributed by atoms with Crippen molar-refractivity contribution in [1.82, 2.24) is 0 Å². The van der Waals surface area contributed by atoms with Gasteiger partial charge in [0.1, 0.15) is 12.4 Å². The molecule has 0 aliphatic carbocycles. The highest BCUT2D eigenvalue weighted by Gasteiger charge is 2.27. The van der Waals surface area contributed by atoms with Crippen LogP contribution in [0.5, 0.6) is 5.75 Å². The number of ketones is 1. The summed E-state index contributed by atoms with van der Waals surface area (Å²) in [5.74, 6) is 0.00404. The van der Waals surface area contributed by atoms with E-state index in [2.05, 4.69) is 0 Å². The van der Waals surface area contributed by atoms with E-state index in [4.69, 9.17) is 9.84 Å². The number of benzene rings is 2. The van der Waals surface area contributed by atoms with Crippen molar-refractivity contribution in [3.8, 4) is 5.75 Å². The molecule has 28 heavy (non-hydrogen) atoms. The Kier molecular flexibility index (Phi) is 4.60. The van der Waals surface area contributed by atoms with E-state index in [0.29, 0.717) is 36.4 Å². The van der Waals surface area contributed by atoms with Gasteiger partial charge in [0.2, 0.25) is 5.91 Å². The van der Waals surface area contributed by atoms with E-state index in [9.17, 15) is 14.4 Å². The quantitative estimate of drug-likeness (QED) is 0.816. The molecular weight excluding hydrogens is 360 g/mol. The molecule has 2 aromatic carbocycles. The minimum Gasteiger partial charge on any atom is -0.482 e. The molecule has 2 aliphatic heterocycles. The summed E-state index contributed by atoms with van der Waals surface area (Å²) in [6, 6.07) is 10.6. The van der Waals surface area contributed by atoms with Crippen LogP contribution in [0.3, 0.4) is 0 Å². The molecule has 2 aromatic rings. The Labute approximate surface area is 162 Å². The van der Waals surface area contributed by atoms with E-state index in [-0.39, 0.29) is 18.4 Å². The zero-order chi connectivity index (χ0) is 19.8. The normalized spacial score (nSPS) is 15.8. The largest absolute Gasteiger partial charge is 0.482 e. The number of hydrogen-bond acceptors (Lipinski definition) is 5. The molecule has 0 saturated carbocycles. The minimum atomic E-state index is -0.593. The van der Waals surface area contributed by atoms with E-state index in [1.165, 1.54) is 0 Å². The Balaban J connectivity index is 1.66. The van der Waals surface area contributed by atoms with Crippen molar-refractivity contribution in [1.29, 1.82) is 0 Å². The zero-order valence-corrected chi connectivity index (χ0v) is 15.5. The molecule has 7 heteroatoms. The number of anilines is 2. The third-order valence-electron chi connectivity index (χ3n) is 5.20. The number of aliphatic hydroxyl groups excluding tert-OH is 1. The molecule has 0 unspecified atom stereocenters. The van der Waals surface area contributed by atoms with Gasteiger partial charge in [-0.3, -0.25) is 14.4 Å². The summed E-state index contributed by atoms with van der Waals surface area (Å²) >= 11 is 0. The Morgan fingerprint density at radius 2 is 1.89 bits per heavy atom. The van der Waals surface area contributed by atoms with E-state index < -0.39 is 12.4 Å². The molecule has 0 fully saturated rings. The van der Waals surface area contributed by atoms with Gasteiger partial charge in [0.25, 0.3) is 5.91 Å². The Morgan fingerprint density at radius 3 is 2.68 bits per heavy atom. The second-order valence-electron chi connectivity index (χ2n) is 6.95. The zero-order valence-electron chi connectivity index (χ0n) is 15.5. The first-order chi connectivity index (χ1) is 13.5. The van der Waals surface area contributed by atoms with E-state index in [1.807, 2.05) is 18.2 Å². The fourth-order valence-corrected chi connectivity index (χ4v) is 3.63. The van der Waals surface area contributed by atoms with Crippen molar-refractivity contribution in [3.63, 3.8) is 0 Å². The number of amides is 2. The molecule has 2 amide bonds. The third-order valence-corrected chi connectivity index (χ3v) is 5.20. The molecule has 4 rings (SSSR count). The lowest BCUT2D eigenvalue weighted by atomic mass is 9.98. The maximum absolute atomic E-state index is 12.5. The van der Waals surface area contributed by atoms with Gasteiger partial charge in [-0.1, -0.05) is 12.1 Å². The smallest absolute Gasteiger partial charge is 0.265 e. The number of carbonyl (C=O) groups excluding carboxylic acids is 3. The minimum absolute atomic E-state index is 0.0670. The van der Waals surface area contributed by atoms with Gasteiger partial charge in [0.05, 0.1) is 12.2 Å². The van der Waals surface area contributed by atoms with Gasteiger partial charge in [-0.05, 0) is 41.8 Å². The first-order valence-corrected chi connectivity index (χ1v) is 9.07. The summed E-state index contributed by atoms with van der Waals surface area (Å²) in [6.07, 6.45) is 1.15. The summed E-state index contributed by atoms with van der Waals surface area (Å²) in [5, 5.41) is 9.11. The topological polar surface area (TPSA) is 87.2 Å². The first kappa shape index (κ1) is 18.2. The van der Waals surface area contributed by atoms with Gasteiger partial charge in [-0.25, -0.2) is 0 Å². The summed E-state index contributed by atoms with van der Waals surface area (Å²) in [4.78, 5) is 39.5. The number of aryl methyl sites for hydroxylation is 1. The van der Waals surface area contributed by atoms with E-state index >= 15 is 0 Å². The highest BCUT2D eigenvalue weighted by Crippen LogP contribution is 2.35. The number of carbonyl (C=O) groups is 3. The van der Waals surface area contributed by atoms with Gasteiger partial charge >= 0.3 is 0 Å². The lowest BCUT2D eigenvalue weighted by molar-refractivity contribution is -0.121. The standard InChI is InChI=1S/C21H20N2O5/c1-22-16-5-2-13(8-14(16)4-7-20(22)26)10-23-17-9-15(18(25)11-24)3-6-19(17)28-12-21(23)27/h2-3,5-6,8-9,24H,4,7,10-12H2,1H3. The van der Waals surface area contributed by atoms with Crippen molar-refractivity contribution in [2.45, 2.75) is 19.4 Å². The molecule has 0 spiro atoms. The molecule has 1 N–H and O–H groups in total. The first-order valence-electron chi connectivity index (χ1n) is 9.07. The molecule has 0 atom stereocenters. The Bertz CT molecular complexity index is 985. The number of ether oxygens (including phenoxy) is 1. The molecule has 144 valence electrons. The van der Waals surface area contributed by atoms with Crippen LogP contribution in [-0.4, -0.2) is 43.0 Å². The molecule has 0 bridgehead atoms. The summed E-state index contributed by atoms with van der Waals surface area (Å²) in [6.45, 7) is -0.329. The van der Waals surface area contributed by atoms with Gasteiger partial charge in [-0.15, -0.1) is 0 Å². The van der Waals surface area contributed by atoms with Crippen LogP contribution in [0, 0.1) is 0 Å². The van der Waals surface area contributed by atoms with E-state index in [0.717, 1.165) is 16.8 Å². The highest BCUT2D eigenvalue weighted by molar-refractivity contribution is 6.02. The Morgan fingerprint density at radius 1 is 1.07 bits per heavy atom. The lowest BCUT2D eigenvalue weighted by Crippen LogP contribution is -2.38. The summed E-state index contributed by atoms with van der Waals surface area (Å²) in [5.41, 5.74) is 3.74. The van der Waals surface area contributed by atoms with Crippen LogP contribution in [-0.2, 0) is 22.6 Å². The number of aliphatic hydroxyl groups is 1. The number of fused-ring (bicyclic) bond motifs is 2. The average molecular weight is 380 g/mol. The van der Waals surface area contributed by atoms with Crippen LogP contribution in [0.1, 0.15) is 27.9 Å². The van der Waals surface area contributed by atoms with Crippen LogP contribution >= 0.6 is 0 Å². The highest BCUT2D eigenvalue weighted by atomic mass is 16.5. The van der Waals surface area contributed by atoms with Crippen molar-refractivity contribution in [2.24, 2.45) is 0 Å². The third kappa shape index (κ3) is 3.14. The molecular formula is C21H20N2O5. The molecule has 2 heterocycles. The van der Waals surface area contributed by atoms with Gasteiger partial charge in [0, 0.05) is 24.7 Å². The Hall–Kier alpha value is -3.19. The van der Waals surface area contributed by atoms with Crippen LogP contribution in [0.4, 0.5) is 11.4 Å². The fourth-order valence-electron chi connectivity index (χ4n) is 3.63. The molecule has 0 aromatic heterocycles. The van der Waals surface area contributed by atoms with Crippen LogP contribution in [0.2, 0.25) is 0 Å². The number of hydrogen-bond donors (Lipinski definition) is 1. The molecule has 2 aliphatic rings. The van der Waals surface area contributed by atoms with Crippen LogP contribution < -0.4 is 14.5 Å². The fraction of sp³-hybridized carbons (Fsp3) is 0.286. The molecule has 7 nitrogen and oxygen atoms in total. The maximum atomic E-state index is 12.5.